The van der Waals surface area contributed by atoms with E-state index in [0.29, 0.717) is 31.3 Å². The van der Waals surface area contributed by atoms with Gasteiger partial charge in [-0.2, -0.15) is 0 Å². The van der Waals surface area contributed by atoms with Crippen LogP contribution < -0.4 is 9.64 Å². The standard InChI is InChI=1S/C21H28N4O5S/c1-15(2)30-21(26)24-9-10-25(16(3)13-24)20-22-11-18(12-23-20)29-14-17-5-7-19(8-6-17)31(4,27)28/h5-8,11-12,15-16H,9-10,13-14H2,1-4H3. The number of sulfone groups is 1. The molecular weight excluding hydrogens is 420 g/mol. The fourth-order valence-electron chi connectivity index (χ4n) is 3.23. The number of carbonyl (C=O) groups excluding carboxylic acids is 1. The quantitative estimate of drug-likeness (QED) is 0.664. The van der Waals surface area contributed by atoms with Gasteiger partial charge in [0.25, 0.3) is 0 Å². The SMILES string of the molecule is CC(C)OC(=O)N1CCN(c2ncc(OCc3ccc(S(C)(=O)=O)cc3)cn2)C(C)C1. The van der Waals surface area contributed by atoms with Crippen LogP contribution in [-0.2, 0) is 21.2 Å². The smallest absolute Gasteiger partial charge is 0.410 e. The van der Waals surface area contributed by atoms with Gasteiger partial charge < -0.3 is 19.3 Å². The second-order valence-corrected chi connectivity index (χ2v) is 9.86. The molecule has 0 N–H and O–H groups in total. The maximum absolute atomic E-state index is 12.1. The highest BCUT2D eigenvalue weighted by Crippen LogP contribution is 2.19. The Morgan fingerprint density at radius 1 is 1.16 bits per heavy atom. The molecule has 1 unspecified atom stereocenters. The Kier molecular flexibility index (Phi) is 6.99. The van der Waals surface area contributed by atoms with E-state index in [4.69, 9.17) is 9.47 Å². The molecule has 1 aliphatic heterocycles. The van der Waals surface area contributed by atoms with Crippen LogP contribution in [-0.4, -0.2) is 67.4 Å². The summed E-state index contributed by atoms with van der Waals surface area (Å²) in [6.07, 6.45) is 3.96. The van der Waals surface area contributed by atoms with Crippen LogP contribution in [0.15, 0.2) is 41.6 Å². The normalized spacial score (nSPS) is 17.0. The van der Waals surface area contributed by atoms with E-state index in [9.17, 15) is 13.2 Å². The Labute approximate surface area is 182 Å². The summed E-state index contributed by atoms with van der Waals surface area (Å²) in [5.41, 5.74) is 0.842. The van der Waals surface area contributed by atoms with Crippen molar-refractivity contribution in [2.45, 2.75) is 44.4 Å². The molecule has 0 aliphatic carbocycles. The minimum absolute atomic E-state index is 0.0496. The number of hydrogen-bond acceptors (Lipinski definition) is 8. The molecule has 1 fully saturated rings. The van der Waals surface area contributed by atoms with Gasteiger partial charge in [0, 0.05) is 31.9 Å². The summed E-state index contributed by atoms with van der Waals surface area (Å²) in [5.74, 6) is 1.09. The number of rotatable bonds is 6. The molecular formula is C21H28N4O5S. The molecule has 2 heterocycles. The van der Waals surface area contributed by atoms with Crippen molar-refractivity contribution in [2.24, 2.45) is 0 Å². The van der Waals surface area contributed by atoms with Crippen LogP contribution in [0.5, 0.6) is 5.75 Å². The van der Waals surface area contributed by atoms with Gasteiger partial charge in [0.05, 0.1) is 23.4 Å². The van der Waals surface area contributed by atoms with Crippen molar-refractivity contribution in [3.63, 3.8) is 0 Å². The Bertz CT molecular complexity index is 993. The highest BCUT2D eigenvalue weighted by atomic mass is 32.2. The molecule has 1 aromatic carbocycles. The monoisotopic (exact) mass is 448 g/mol. The first-order chi connectivity index (χ1) is 14.6. The number of benzene rings is 1. The fourth-order valence-corrected chi connectivity index (χ4v) is 3.86. The lowest BCUT2D eigenvalue weighted by Crippen LogP contribution is -2.54. The summed E-state index contributed by atoms with van der Waals surface area (Å²) >= 11 is 0. The highest BCUT2D eigenvalue weighted by Gasteiger charge is 2.29. The molecule has 1 aromatic heterocycles. The zero-order valence-corrected chi connectivity index (χ0v) is 19.0. The molecule has 10 heteroatoms. The van der Waals surface area contributed by atoms with Gasteiger partial charge in [-0.3, -0.25) is 0 Å². The van der Waals surface area contributed by atoms with Gasteiger partial charge in [-0.25, -0.2) is 23.2 Å². The van der Waals surface area contributed by atoms with Gasteiger partial charge in [0.15, 0.2) is 15.6 Å². The summed E-state index contributed by atoms with van der Waals surface area (Å²) < 4.78 is 34.0. The van der Waals surface area contributed by atoms with Crippen LogP contribution in [0.3, 0.4) is 0 Å². The Morgan fingerprint density at radius 2 is 1.81 bits per heavy atom. The van der Waals surface area contributed by atoms with Crippen molar-refractivity contribution < 1.29 is 22.7 Å². The van der Waals surface area contributed by atoms with E-state index in [1.54, 1.807) is 41.6 Å². The predicted molar refractivity (Wildman–Crippen MR) is 116 cm³/mol. The van der Waals surface area contributed by atoms with Crippen molar-refractivity contribution in [1.29, 1.82) is 0 Å². The Balaban J connectivity index is 1.55. The molecule has 0 radical (unpaired) electrons. The van der Waals surface area contributed by atoms with E-state index in [-0.39, 0.29) is 29.7 Å². The molecule has 0 bridgehead atoms. The summed E-state index contributed by atoms with van der Waals surface area (Å²) in [4.78, 5) is 24.9. The molecule has 1 atom stereocenters. The lowest BCUT2D eigenvalue weighted by Gasteiger charge is -2.39. The number of piperazine rings is 1. The van der Waals surface area contributed by atoms with Crippen LogP contribution in [0, 0.1) is 0 Å². The van der Waals surface area contributed by atoms with Crippen molar-refractivity contribution >= 4 is 21.9 Å². The van der Waals surface area contributed by atoms with Gasteiger partial charge in [-0.1, -0.05) is 12.1 Å². The van der Waals surface area contributed by atoms with E-state index in [1.165, 1.54) is 6.26 Å². The Hall–Kier alpha value is -2.88. The molecule has 31 heavy (non-hydrogen) atoms. The Morgan fingerprint density at radius 3 is 2.35 bits per heavy atom. The number of carbonyl (C=O) groups is 1. The average molecular weight is 449 g/mol. The molecule has 1 amide bonds. The van der Waals surface area contributed by atoms with Gasteiger partial charge in [-0.05, 0) is 38.5 Å². The van der Waals surface area contributed by atoms with Crippen LogP contribution in [0.4, 0.5) is 10.7 Å². The minimum atomic E-state index is -3.21. The second kappa shape index (κ2) is 9.51. The largest absolute Gasteiger partial charge is 0.486 e. The first-order valence-electron chi connectivity index (χ1n) is 10.1. The molecule has 3 rings (SSSR count). The maximum atomic E-state index is 12.1. The lowest BCUT2D eigenvalue weighted by molar-refractivity contribution is 0.0714. The number of nitrogens with zero attached hydrogens (tertiary/aromatic N) is 4. The van der Waals surface area contributed by atoms with Crippen molar-refractivity contribution in [3.05, 3.63) is 42.2 Å². The van der Waals surface area contributed by atoms with Gasteiger partial charge in [-0.15, -0.1) is 0 Å². The molecule has 1 aliphatic rings. The zero-order chi connectivity index (χ0) is 22.6. The topological polar surface area (TPSA) is 102 Å². The van der Waals surface area contributed by atoms with Gasteiger partial charge in [0.1, 0.15) is 6.61 Å². The van der Waals surface area contributed by atoms with Crippen LogP contribution in [0.1, 0.15) is 26.3 Å². The van der Waals surface area contributed by atoms with Gasteiger partial charge >= 0.3 is 6.09 Å². The third-order valence-corrected chi connectivity index (χ3v) is 5.98. The predicted octanol–water partition coefficient (Wildman–Crippen LogP) is 2.51. The van der Waals surface area contributed by atoms with Crippen molar-refractivity contribution in [1.82, 2.24) is 14.9 Å². The summed E-state index contributed by atoms with van der Waals surface area (Å²) in [6, 6.07) is 6.61. The lowest BCUT2D eigenvalue weighted by atomic mass is 10.2. The van der Waals surface area contributed by atoms with Crippen LogP contribution >= 0.6 is 0 Å². The minimum Gasteiger partial charge on any atom is -0.486 e. The van der Waals surface area contributed by atoms with Crippen LogP contribution in [0.2, 0.25) is 0 Å². The van der Waals surface area contributed by atoms with E-state index in [1.807, 2.05) is 25.7 Å². The van der Waals surface area contributed by atoms with Crippen molar-refractivity contribution in [3.8, 4) is 5.75 Å². The maximum Gasteiger partial charge on any atom is 0.410 e. The van der Waals surface area contributed by atoms with E-state index in [0.717, 1.165) is 5.56 Å². The molecule has 0 spiro atoms. The van der Waals surface area contributed by atoms with E-state index >= 15 is 0 Å². The summed E-state index contributed by atoms with van der Waals surface area (Å²) in [5, 5.41) is 0. The highest BCUT2D eigenvalue weighted by molar-refractivity contribution is 7.90. The number of aromatic nitrogens is 2. The number of ether oxygens (including phenoxy) is 2. The molecule has 1 saturated heterocycles. The molecule has 2 aromatic rings. The number of anilines is 1. The molecule has 168 valence electrons. The first kappa shape index (κ1) is 22.8. The molecule has 0 saturated carbocycles. The van der Waals surface area contributed by atoms with E-state index < -0.39 is 9.84 Å². The zero-order valence-electron chi connectivity index (χ0n) is 18.2. The van der Waals surface area contributed by atoms with Crippen LogP contribution in [0.25, 0.3) is 0 Å². The third-order valence-electron chi connectivity index (χ3n) is 4.85. The third kappa shape index (κ3) is 6.06. The van der Waals surface area contributed by atoms with Gasteiger partial charge in [0.2, 0.25) is 5.95 Å². The molecule has 9 nitrogen and oxygen atoms in total. The average Bonchev–Trinajstić information content (AvgIpc) is 2.72. The number of hydrogen-bond donors (Lipinski definition) is 0. The summed E-state index contributed by atoms with van der Waals surface area (Å²) in [7, 11) is -3.21. The fraction of sp³-hybridized carbons (Fsp3) is 0.476. The second-order valence-electron chi connectivity index (χ2n) is 7.84. The van der Waals surface area contributed by atoms with Crippen molar-refractivity contribution in [2.75, 3.05) is 30.8 Å². The first-order valence-corrected chi connectivity index (χ1v) is 12.0. The summed E-state index contributed by atoms with van der Waals surface area (Å²) in [6.45, 7) is 7.65. The van der Waals surface area contributed by atoms with E-state index in [2.05, 4.69) is 9.97 Å². The number of amides is 1.